The lowest BCUT2D eigenvalue weighted by molar-refractivity contribution is -0.846. The molecule has 1 aromatic carbocycles. The van der Waals surface area contributed by atoms with Gasteiger partial charge in [-0.05, 0) is 24.6 Å². The van der Waals surface area contributed by atoms with Crippen LogP contribution in [0.3, 0.4) is 0 Å². The maximum Gasteiger partial charge on any atom is 0.481 e. The summed E-state index contributed by atoms with van der Waals surface area (Å²) in [5, 5.41) is 9.80. The number of hydrogen-bond acceptors (Lipinski definition) is 2. The molecule has 120 valence electrons. The van der Waals surface area contributed by atoms with E-state index in [2.05, 4.69) is 19.1 Å². The fourth-order valence-electron chi connectivity index (χ4n) is 4.10. The highest BCUT2D eigenvalue weighted by atomic mass is 16.5. The van der Waals surface area contributed by atoms with Crippen LogP contribution in [0.1, 0.15) is 38.7 Å². The monoisotopic (exact) mass is 302 g/mol. The number of ether oxygens (including phenoxy) is 1. The molecule has 0 aromatic heterocycles. The predicted molar refractivity (Wildman–Crippen MR) is 90.9 cm³/mol. The number of hydrogen-bond donors (Lipinski definition) is 1. The summed E-state index contributed by atoms with van der Waals surface area (Å²) in [6.07, 6.45) is 3.15. The van der Waals surface area contributed by atoms with Crippen LogP contribution in [0.5, 0.6) is 5.75 Å². The zero-order chi connectivity index (χ0) is 16.2. The van der Waals surface area contributed by atoms with Gasteiger partial charge in [-0.1, -0.05) is 26.0 Å². The van der Waals surface area contributed by atoms with Gasteiger partial charge < -0.3 is 14.2 Å². The normalized spacial score (nSPS) is 33.0. The maximum atomic E-state index is 9.80. The lowest BCUT2D eigenvalue weighted by Gasteiger charge is -2.40. The van der Waals surface area contributed by atoms with E-state index in [4.69, 9.17) is 12.7 Å². The van der Waals surface area contributed by atoms with Gasteiger partial charge in [0.15, 0.2) is 0 Å². The third kappa shape index (κ3) is 3.18. The first-order valence-corrected chi connectivity index (χ1v) is 8.53. The third-order valence-corrected chi connectivity index (χ3v) is 5.17. The average Bonchev–Trinajstić information content (AvgIpc) is 2.97. The van der Waals surface area contributed by atoms with Gasteiger partial charge >= 0.3 is 7.98 Å². The summed E-state index contributed by atoms with van der Waals surface area (Å²) in [6.45, 7) is 8.88. The molecule has 2 aliphatic rings. The molecule has 2 aliphatic heterocycles. The van der Waals surface area contributed by atoms with Gasteiger partial charge in [0.05, 0.1) is 26.3 Å². The van der Waals surface area contributed by atoms with Crippen molar-refractivity contribution in [1.82, 2.24) is 0 Å². The van der Waals surface area contributed by atoms with Crippen molar-refractivity contribution in [3.05, 3.63) is 29.8 Å². The van der Waals surface area contributed by atoms with Gasteiger partial charge in [-0.2, -0.15) is 0 Å². The van der Waals surface area contributed by atoms with Crippen LogP contribution in [-0.2, 0) is 0 Å². The lowest BCUT2D eigenvalue weighted by atomic mass is 9.89. The molecule has 0 saturated carbocycles. The van der Waals surface area contributed by atoms with E-state index in [9.17, 15) is 5.11 Å². The lowest BCUT2D eigenvalue weighted by Crippen LogP contribution is -2.56. The highest BCUT2D eigenvalue weighted by Gasteiger charge is 2.58. The van der Waals surface area contributed by atoms with E-state index in [0.29, 0.717) is 16.9 Å². The van der Waals surface area contributed by atoms with E-state index in [1.54, 1.807) is 0 Å². The molecular formula is C18H29BNO2+. The van der Waals surface area contributed by atoms with Gasteiger partial charge in [0.25, 0.3) is 0 Å². The molecule has 0 bridgehead atoms. The van der Waals surface area contributed by atoms with Gasteiger partial charge in [-0.15, -0.1) is 0 Å². The molecule has 2 fully saturated rings. The largest absolute Gasteiger partial charge is 0.493 e. The van der Waals surface area contributed by atoms with Gasteiger partial charge in [-0.25, -0.2) is 0 Å². The van der Waals surface area contributed by atoms with Crippen molar-refractivity contribution in [2.24, 2.45) is 5.92 Å². The molecule has 3 atom stereocenters. The summed E-state index contributed by atoms with van der Waals surface area (Å²) in [4.78, 5) is 0. The Morgan fingerprint density at radius 2 is 2.18 bits per heavy atom. The summed E-state index contributed by atoms with van der Waals surface area (Å²) in [5.74, 6) is 1.37. The third-order valence-electron chi connectivity index (χ3n) is 5.17. The van der Waals surface area contributed by atoms with Crippen LogP contribution < -0.4 is 4.74 Å². The van der Waals surface area contributed by atoms with Crippen molar-refractivity contribution >= 4 is 7.98 Å². The number of nitrogens with zero attached hydrogens (tertiary/aromatic N) is 1. The second-order valence-corrected chi connectivity index (χ2v) is 6.62. The Morgan fingerprint density at radius 3 is 2.82 bits per heavy atom. The summed E-state index contributed by atoms with van der Waals surface area (Å²) < 4.78 is 6.47. The van der Waals surface area contributed by atoms with E-state index >= 15 is 0 Å². The van der Waals surface area contributed by atoms with Gasteiger partial charge in [0, 0.05) is 25.2 Å². The van der Waals surface area contributed by atoms with E-state index in [-0.39, 0.29) is 12.1 Å². The van der Waals surface area contributed by atoms with Crippen molar-refractivity contribution in [2.45, 2.75) is 45.6 Å². The van der Waals surface area contributed by atoms with Crippen LogP contribution in [0, 0.1) is 12.8 Å². The van der Waals surface area contributed by atoms with E-state index in [1.165, 1.54) is 5.56 Å². The Kier molecular flexibility index (Phi) is 5.57. The Labute approximate surface area is 136 Å². The second kappa shape index (κ2) is 7.05. The predicted octanol–water partition coefficient (Wildman–Crippen LogP) is 2.85. The molecule has 2 radical (unpaired) electrons. The molecule has 1 aromatic rings. The van der Waals surface area contributed by atoms with Gasteiger partial charge in [0.2, 0.25) is 0 Å². The first kappa shape index (κ1) is 17.4. The molecule has 3 unspecified atom stereocenters. The summed E-state index contributed by atoms with van der Waals surface area (Å²) in [5.41, 5.74) is 1.10. The summed E-state index contributed by atoms with van der Waals surface area (Å²) in [6, 6.07) is 8.14. The second-order valence-electron chi connectivity index (χ2n) is 6.62. The molecule has 3 nitrogen and oxygen atoms in total. The molecule has 0 spiro atoms. The first-order chi connectivity index (χ1) is 10.6. The summed E-state index contributed by atoms with van der Waals surface area (Å²) in [7, 11) is 6.52. The van der Waals surface area contributed by atoms with Gasteiger partial charge in [-0.3, -0.25) is 0 Å². The van der Waals surface area contributed by atoms with Crippen LogP contribution in [0.2, 0.25) is 0 Å². The Bertz CT molecular complexity index is 496. The number of quaternary nitrogens is 1. The van der Waals surface area contributed by atoms with Crippen LogP contribution in [0.25, 0.3) is 0 Å². The smallest absolute Gasteiger partial charge is 0.481 e. The Hall–Kier alpha value is -0.995. The van der Waals surface area contributed by atoms with Crippen LogP contribution in [0.15, 0.2) is 24.3 Å². The minimum Gasteiger partial charge on any atom is -0.493 e. The van der Waals surface area contributed by atoms with Crippen molar-refractivity contribution in [3.8, 4) is 5.75 Å². The number of fused-ring (bicyclic) bond motifs is 1. The molecule has 1 N–H and O–H groups in total. The number of aliphatic hydroxyl groups is 1. The fourth-order valence-corrected chi connectivity index (χ4v) is 4.10. The molecule has 4 heteroatoms. The zero-order valence-electron chi connectivity index (χ0n) is 14.2. The Morgan fingerprint density at radius 1 is 1.41 bits per heavy atom. The molecular weight excluding hydrogens is 273 g/mol. The summed E-state index contributed by atoms with van der Waals surface area (Å²) >= 11 is 0. The number of benzene rings is 1. The standard InChI is InChI=1S/C16H23BNO2.C2H6/c1-13-4-2-5-15(8-13)20-11-14-9-16(12-19)6-3-7-18(16,17)10-14;1-2/h2,4-5,8,14,19H,3,6-7,9-12H2,1H3;1-2H3/q+1;. The molecule has 2 heterocycles. The molecule has 0 aliphatic carbocycles. The average molecular weight is 302 g/mol. The quantitative estimate of drug-likeness (QED) is 0.867. The van der Waals surface area contributed by atoms with Crippen molar-refractivity contribution in [1.29, 1.82) is 0 Å². The highest BCUT2D eigenvalue weighted by molar-refractivity contribution is 5.98. The van der Waals surface area contributed by atoms with Crippen molar-refractivity contribution in [2.75, 3.05) is 26.3 Å². The Balaban J connectivity index is 0.000000847. The van der Waals surface area contributed by atoms with E-state index in [1.807, 2.05) is 26.0 Å². The van der Waals surface area contributed by atoms with Crippen molar-refractivity contribution < 1.29 is 14.2 Å². The van der Waals surface area contributed by atoms with Crippen LogP contribution >= 0.6 is 0 Å². The van der Waals surface area contributed by atoms with Crippen LogP contribution in [0.4, 0.5) is 0 Å². The molecule has 3 rings (SSSR count). The molecule has 0 amide bonds. The fraction of sp³-hybridized carbons (Fsp3) is 0.667. The first-order valence-electron chi connectivity index (χ1n) is 8.53. The number of aliphatic hydroxyl groups excluding tert-OH is 1. The van der Waals surface area contributed by atoms with Crippen LogP contribution in [-0.4, -0.2) is 49.3 Å². The SMILES string of the molecule is CC.[B][N+]12CCCC1(CO)CC(COc1cccc(C)c1)C2. The number of rotatable bonds is 4. The molecule has 22 heavy (non-hydrogen) atoms. The maximum absolute atomic E-state index is 9.80. The topological polar surface area (TPSA) is 29.5 Å². The van der Waals surface area contributed by atoms with E-state index in [0.717, 1.165) is 38.1 Å². The number of aryl methyl sites for hydroxylation is 1. The molecule has 2 saturated heterocycles. The highest BCUT2D eigenvalue weighted by Crippen LogP contribution is 2.46. The minimum absolute atomic E-state index is 0.110. The van der Waals surface area contributed by atoms with Crippen molar-refractivity contribution in [3.63, 3.8) is 0 Å². The van der Waals surface area contributed by atoms with Gasteiger partial charge in [0.1, 0.15) is 11.3 Å². The van der Waals surface area contributed by atoms with E-state index < -0.39 is 0 Å². The minimum atomic E-state index is -0.110. The zero-order valence-corrected chi connectivity index (χ0v) is 14.2.